The number of carbonyl (C=O) groups excluding carboxylic acids is 1. The maximum absolute atomic E-state index is 13.7. The first-order valence-corrected chi connectivity index (χ1v) is 12.1. The van der Waals surface area contributed by atoms with Crippen LogP contribution in [0.3, 0.4) is 0 Å². The van der Waals surface area contributed by atoms with Crippen molar-refractivity contribution in [3.8, 4) is 16.9 Å². The zero-order chi connectivity index (χ0) is 26.5. The Kier molecular flexibility index (Phi) is 7.48. The highest BCUT2D eigenvalue weighted by Crippen LogP contribution is 2.41. The number of hydrogen-bond donors (Lipinski definition) is 3. The number of nitrogens with zero attached hydrogens (tertiary/aromatic N) is 4. The molecule has 13 heteroatoms. The van der Waals surface area contributed by atoms with Crippen molar-refractivity contribution in [2.24, 2.45) is 0 Å². The molecular weight excluding hydrogens is 544 g/mol. The lowest BCUT2D eigenvalue weighted by Gasteiger charge is -2.46. The van der Waals surface area contributed by atoms with Crippen LogP contribution in [0, 0.1) is 11.2 Å². The number of amides is 1. The summed E-state index contributed by atoms with van der Waals surface area (Å²) in [5.74, 6) is -4.28. The summed E-state index contributed by atoms with van der Waals surface area (Å²) >= 11 is 6.79. The van der Waals surface area contributed by atoms with E-state index in [9.17, 15) is 23.1 Å². The van der Waals surface area contributed by atoms with E-state index in [0.717, 1.165) is 4.90 Å². The van der Waals surface area contributed by atoms with Crippen LogP contribution in [-0.4, -0.2) is 54.9 Å². The number of rotatable bonds is 4. The van der Waals surface area contributed by atoms with Gasteiger partial charge in [-0.05, 0) is 37.1 Å². The summed E-state index contributed by atoms with van der Waals surface area (Å²) in [5.41, 5.74) is 0.921. The number of carbonyl (C=O) groups is 1. The van der Waals surface area contributed by atoms with Gasteiger partial charge >= 0.3 is 0 Å². The molecule has 38 heavy (non-hydrogen) atoms. The van der Waals surface area contributed by atoms with Gasteiger partial charge in [0.15, 0.2) is 5.96 Å². The smallest absolute Gasteiger partial charge is 0.273 e. The molecule has 2 aromatic carbocycles. The summed E-state index contributed by atoms with van der Waals surface area (Å²) in [7, 11) is 0. The number of nitrogens with one attached hydrogen (secondary N) is 2. The second kappa shape index (κ2) is 10.2. The summed E-state index contributed by atoms with van der Waals surface area (Å²) in [6, 6.07) is 10.4. The minimum absolute atomic E-state index is 0. The fraction of sp³-hybridized carbons (Fsp3) is 0.360. The van der Waals surface area contributed by atoms with E-state index in [4.69, 9.17) is 17.0 Å². The maximum atomic E-state index is 13.7. The molecule has 0 spiro atoms. The van der Waals surface area contributed by atoms with Gasteiger partial charge in [-0.15, -0.1) is 17.5 Å². The summed E-state index contributed by atoms with van der Waals surface area (Å²) < 4.78 is 42.5. The minimum atomic E-state index is -3.20. The summed E-state index contributed by atoms with van der Waals surface area (Å²) in [6.45, 7) is 1.73. The molecule has 5 rings (SSSR count). The Balaban J connectivity index is 0.00000336. The normalized spacial score (nSPS) is 25.1. The molecule has 2 heterocycles. The van der Waals surface area contributed by atoms with Gasteiger partial charge in [-0.1, -0.05) is 41.1 Å². The van der Waals surface area contributed by atoms with Gasteiger partial charge in [0.25, 0.3) is 5.92 Å². The van der Waals surface area contributed by atoms with E-state index >= 15 is 0 Å². The van der Waals surface area contributed by atoms with E-state index in [0.29, 0.717) is 27.5 Å². The van der Waals surface area contributed by atoms with Crippen LogP contribution < -0.4 is 5.32 Å². The van der Waals surface area contributed by atoms with Crippen molar-refractivity contribution in [3.05, 3.63) is 65.1 Å². The number of benzene rings is 2. The van der Waals surface area contributed by atoms with Crippen LogP contribution in [0.5, 0.6) is 0 Å². The topological polar surface area (TPSA) is 107 Å². The zero-order valence-corrected chi connectivity index (χ0v) is 21.7. The van der Waals surface area contributed by atoms with Crippen LogP contribution in [0.15, 0.2) is 48.7 Å². The predicted molar refractivity (Wildman–Crippen MR) is 137 cm³/mol. The van der Waals surface area contributed by atoms with Crippen molar-refractivity contribution < 1.29 is 23.1 Å². The number of aliphatic hydroxyl groups is 1. The van der Waals surface area contributed by atoms with E-state index < -0.39 is 41.8 Å². The molecule has 1 saturated heterocycles. The SMILES string of the molecule is C[C@@]1(c2cccc(-c3cn(-c4cccc(F)c4)nn3)c2Cl)CC(=O)N([C@H]2CCC(F)(F)[C@@H](O)C2)C(=N)N1.Cl. The Morgan fingerprint density at radius 2 is 1.97 bits per heavy atom. The van der Waals surface area contributed by atoms with Crippen molar-refractivity contribution in [3.63, 3.8) is 0 Å². The van der Waals surface area contributed by atoms with Gasteiger partial charge in [0.05, 0.1) is 28.9 Å². The average molecular weight is 569 g/mol. The van der Waals surface area contributed by atoms with Gasteiger partial charge in [0.2, 0.25) is 5.91 Å². The Morgan fingerprint density at radius 3 is 2.66 bits per heavy atom. The fourth-order valence-electron chi connectivity index (χ4n) is 5.02. The summed E-state index contributed by atoms with van der Waals surface area (Å²) in [6.07, 6.45) is -1.23. The highest BCUT2D eigenvalue weighted by molar-refractivity contribution is 6.34. The third-order valence-electron chi connectivity index (χ3n) is 7.00. The lowest BCUT2D eigenvalue weighted by molar-refractivity contribution is -0.152. The Hall–Kier alpha value is -3.15. The third kappa shape index (κ3) is 4.97. The molecule has 1 aliphatic carbocycles. The highest BCUT2D eigenvalue weighted by atomic mass is 35.5. The molecule has 0 bridgehead atoms. The molecule has 1 aliphatic heterocycles. The van der Waals surface area contributed by atoms with Crippen molar-refractivity contribution in [2.75, 3.05) is 0 Å². The number of guanidine groups is 1. The second-order valence-electron chi connectivity index (χ2n) is 9.65. The highest BCUT2D eigenvalue weighted by Gasteiger charge is 2.49. The maximum Gasteiger partial charge on any atom is 0.273 e. The standard InChI is InChI=1S/C25H24ClF3N6O2.ClH/c1-24(12-21(37)35(23(30)31-24)16-8-9-25(28,29)20(36)11-16)18-7-3-6-17(22(18)26)19-13-34(33-32-19)15-5-2-4-14(27)10-15;/h2-7,10,13,16,20,36H,8-9,11-12H2,1H3,(H2,30,31);1H/t16-,20-,24-;/m0./s1. The molecule has 0 radical (unpaired) electrons. The van der Waals surface area contributed by atoms with Crippen LogP contribution in [0.4, 0.5) is 13.2 Å². The van der Waals surface area contributed by atoms with Crippen LogP contribution in [-0.2, 0) is 10.3 Å². The molecular formula is C25H25Cl2F3N6O2. The second-order valence-corrected chi connectivity index (χ2v) is 10.0. The lowest BCUT2D eigenvalue weighted by Crippen LogP contribution is -2.63. The first kappa shape index (κ1) is 27.9. The third-order valence-corrected chi connectivity index (χ3v) is 7.41. The Labute approximate surface area is 227 Å². The van der Waals surface area contributed by atoms with Gasteiger partial charge in [-0.2, -0.15) is 0 Å². The van der Waals surface area contributed by atoms with Crippen molar-refractivity contribution in [2.45, 2.75) is 56.2 Å². The molecule has 2 aliphatic rings. The first-order chi connectivity index (χ1) is 17.5. The molecule has 3 aromatic rings. The van der Waals surface area contributed by atoms with Crippen LogP contribution in [0.1, 0.15) is 38.2 Å². The quantitative estimate of drug-likeness (QED) is 0.424. The number of halogens is 5. The summed E-state index contributed by atoms with van der Waals surface area (Å²) in [5, 5.41) is 29.9. The number of alkyl halides is 2. The lowest BCUT2D eigenvalue weighted by atomic mass is 9.83. The zero-order valence-electron chi connectivity index (χ0n) is 20.2. The van der Waals surface area contributed by atoms with Crippen LogP contribution in [0.2, 0.25) is 5.02 Å². The molecule has 202 valence electrons. The number of aliphatic hydroxyl groups excluding tert-OH is 1. The minimum Gasteiger partial charge on any atom is -0.387 e. The monoisotopic (exact) mass is 568 g/mol. The van der Waals surface area contributed by atoms with Crippen molar-refractivity contribution in [1.29, 1.82) is 5.41 Å². The number of hydrogen-bond acceptors (Lipinski definition) is 5. The first-order valence-electron chi connectivity index (χ1n) is 11.7. The van der Waals surface area contributed by atoms with E-state index in [1.807, 2.05) is 0 Å². The molecule has 3 N–H and O–H groups in total. The fourth-order valence-corrected chi connectivity index (χ4v) is 5.45. The Morgan fingerprint density at radius 1 is 1.24 bits per heavy atom. The van der Waals surface area contributed by atoms with Crippen LogP contribution in [0.25, 0.3) is 16.9 Å². The van der Waals surface area contributed by atoms with Gasteiger partial charge in [0.1, 0.15) is 17.6 Å². The van der Waals surface area contributed by atoms with E-state index in [-0.39, 0.29) is 37.6 Å². The predicted octanol–water partition coefficient (Wildman–Crippen LogP) is 4.67. The van der Waals surface area contributed by atoms with Crippen molar-refractivity contribution in [1.82, 2.24) is 25.2 Å². The van der Waals surface area contributed by atoms with Gasteiger partial charge in [-0.25, -0.2) is 17.9 Å². The van der Waals surface area contributed by atoms with E-state index in [1.54, 1.807) is 43.5 Å². The largest absolute Gasteiger partial charge is 0.387 e. The van der Waals surface area contributed by atoms with Gasteiger partial charge < -0.3 is 10.4 Å². The van der Waals surface area contributed by atoms with Gasteiger partial charge in [-0.3, -0.25) is 15.1 Å². The molecule has 2 fully saturated rings. The molecule has 1 amide bonds. The van der Waals surface area contributed by atoms with Gasteiger partial charge in [0, 0.05) is 24.4 Å². The average Bonchev–Trinajstić information content (AvgIpc) is 3.31. The van der Waals surface area contributed by atoms with E-state index in [2.05, 4.69) is 15.6 Å². The molecule has 1 saturated carbocycles. The molecule has 8 nitrogen and oxygen atoms in total. The number of aromatic nitrogens is 3. The Bertz CT molecular complexity index is 1370. The molecule has 0 unspecified atom stereocenters. The van der Waals surface area contributed by atoms with E-state index in [1.165, 1.54) is 16.8 Å². The van der Waals surface area contributed by atoms with Crippen molar-refractivity contribution >= 4 is 35.9 Å². The van der Waals surface area contributed by atoms with Crippen LogP contribution >= 0.6 is 24.0 Å². The molecule has 3 atom stereocenters. The summed E-state index contributed by atoms with van der Waals surface area (Å²) in [4.78, 5) is 14.3. The molecule has 1 aromatic heterocycles.